The summed E-state index contributed by atoms with van der Waals surface area (Å²) in [6.45, 7) is 0. The number of aliphatic carboxylic acids is 1. The van der Waals surface area contributed by atoms with Crippen LogP contribution in [0.3, 0.4) is 0 Å². The summed E-state index contributed by atoms with van der Waals surface area (Å²) in [6, 6.07) is 22.9. The molecular weight excluding hydrogens is 480 g/mol. The fourth-order valence-corrected chi connectivity index (χ4v) is 4.52. The van der Waals surface area contributed by atoms with E-state index in [1.165, 1.54) is 16.7 Å². The number of benzene rings is 3. The van der Waals surface area contributed by atoms with Crippen molar-refractivity contribution in [3.63, 3.8) is 0 Å². The Bertz CT molecular complexity index is 1290. The minimum Gasteiger partial charge on any atom is -0.481 e. The van der Waals surface area contributed by atoms with Crippen molar-refractivity contribution in [1.29, 1.82) is 0 Å². The number of nitrogens with zero attached hydrogens (tertiary/aromatic N) is 3. The first-order valence-corrected chi connectivity index (χ1v) is 12.0. The number of carboxylic acid groups (broad SMARTS) is 1. The molecule has 0 aromatic heterocycles. The highest BCUT2D eigenvalue weighted by molar-refractivity contribution is 8.00. The van der Waals surface area contributed by atoms with Crippen LogP contribution in [0.2, 0.25) is 0 Å². The lowest BCUT2D eigenvalue weighted by molar-refractivity contribution is -0.138. The van der Waals surface area contributed by atoms with E-state index >= 15 is 0 Å². The predicted octanol–water partition coefficient (Wildman–Crippen LogP) is 5.33. The summed E-state index contributed by atoms with van der Waals surface area (Å²) >= 11 is 1.28. The molecule has 0 saturated carbocycles. The van der Waals surface area contributed by atoms with E-state index in [0.717, 1.165) is 10.6 Å². The average molecular weight is 503 g/mol. The number of nitrogens with one attached hydrogen (secondary N) is 1. The fourth-order valence-electron chi connectivity index (χ4n) is 3.47. The molecule has 0 aliphatic carbocycles. The van der Waals surface area contributed by atoms with Crippen molar-refractivity contribution in [2.24, 2.45) is 10.2 Å². The van der Waals surface area contributed by atoms with Gasteiger partial charge in [-0.1, -0.05) is 18.2 Å². The summed E-state index contributed by atoms with van der Waals surface area (Å²) in [4.78, 5) is 49.9. The monoisotopic (exact) mass is 502 g/mol. The molecule has 4 rings (SSSR count). The molecule has 182 valence electrons. The summed E-state index contributed by atoms with van der Waals surface area (Å²) in [5, 5.41) is 19.1. The van der Waals surface area contributed by atoms with Crippen LogP contribution in [-0.4, -0.2) is 34.0 Å². The van der Waals surface area contributed by atoms with Gasteiger partial charge in [0.25, 0.3) is 0 Å². The van der Waals surface area contributed by atoms with Crippen LogP contribution in [-0.2, 0) is 19.2 Å². The molecule has 9 nitrogen and oxygen atoms in total. The molecule has 10 heteroatoms. The van der Waals surface area contributed by atoms with Gasteiger partial charge in [-0.05, 0) is 60.7 Å². The molecule has 3 aromatic rings. The van der Waals surface area contributed by atoms with E-state index in [9.17, 15) is 19.2 Å². The van der Waals surface area contributed by atoms with Gasteiger partial charge in [-0.3, -0.25) is 19.2 Å². The van der Waals surface area contributed by atoms with Crippen LogP contribution >= 0.6 is 11.8 Å². The topological polar surface area (TPSA) is 128 Å². The average Bonchev–Trinajstić information content (AvgIpc) is 3.16. The Kier molecular flexibility index (Phi) is 7.86. The molecule has 36 heavy (non-hydrogen) atoms. The van der Waals surface area contributed by atoms with Gasteiger partial charge in [-0.25, -0.2) is 4.90 Å². The molecule has 0 radical (unpaired) electrons. The minimum atomic E-state index is -1.04. The van der Waals surface area contributed by atoms with Gasteiger partial charge in [0.1, 0.15) is 0 Å². The second-order valence-corrected chi connectivity index (χ2v) is 9.17. The molecule has 1 saturated heterocycles. The van der Waals surface area contributed by atoms with Crippen LogP contribution in [0.5, 0.6) is 0 Å². The largest absolute Gasteiger partial charge is 0.481 e. The highest BCUT2D eigenvalue weighted by atomic mass is 32.2. The number of thioether (sulfide) groups is 1. The fraction of sp³-hybridized carbons (Fsp3) is 0.154. The normalized spacial score (nSPS) is 15.4. The molecule has 1 atom stereocenters. The molecule has 3 amide bonds. The van der Waals surface area contributed by atoms with Gasteiger partial charge in [0, 0.05) is 23.4 Å². The number of hydrogen-bond acceptors (Lipinski definition) is 7. The summed E-state index contributed by atoms with van der Waals surface area (Å²) in [6.07, 6.45) is -0.279. The maximum absolute atomic E-state index is 13.0. The SMILES string of the molecule is O=C(O)CCC(=O)Nc1ccc(SC2CC(=O)N(c3ccc(N=Nc4ccccc4)cc3)C2=O)cc1. The summed E-state index contributed by atoms with van der Waals surface area (Å²) < 4.78 is 0. The van der Waals surface area contributed by atoms with E-state index in [1.54, 1.807) is 48.5 Å². The zero-order chi connectivity index (χ0) is 25.5. The van der Waals surface area contributed by atoms with Crippen molar-refractivity contribution in [1.82, 2.24) is 0 Å². The molecule has 1 unspecified atom stereocenters. The van der Waals surface area contributed by atoms with Crippen molar-refractivity contribution >= 4 is 58.2 Å². The zero-order valence-corrected chi connectivity index (χ0v) is 19.9. The van der Waals surface area contributed by atoms with Crippen LogP contribution in [0.15, 0.2) is 94.0 Å². The first-order valence-electron chi connectivity index (χ1n) is 11.1. The lowest BCUT2D eigenvalue weighted by Crippen LogP contribution is -2.30. The Labute approximate surface area is 211 Å². The summed E-state index contributed by atoms with van der Waals surface area (Å²) in [5.41, 5.74) is 2.32. The van der Waals surface area contributed by atoms with E-state index in [2.05, 4.69) is 15.5 Å². The number of azo groups is 1. The Morgan fingerprint density at radius 3 is 2.17 bits per heavy atom. The predicted molar refractivity (Wildman–Crippen MR) is 136 cm³/mol. The third kappa shape index (κ3) is 6.42. The quantitative estimate of drug-likeness (QED) is 0.301. The van der Waals surface area contributed by atoms with E-state index in [-0.39, 0.29) is 31.1 Å². The highest BCUT2D eigenvalue weighted by Crippen LogP contribution is 2.35. The lowest BCUT2D eigenvalue weighted by atomic mass is 10.2. The summed E-state index contributed by atoms with van der Waals surface area (Å²) in [7, 11) is 0. The molecule has 2 N–H and O–H groups in total. The number of imide groups is 1. The Hall–Kier alpha value is -4.31. The van der Waals surface area contributed by atoms with E-state index in [1.807, 2.05) is 30.3 Å². The maximum Gasteiger partial charge on any atom is 0.303 e. The number of anilines is 2. The van der Waals surface area contributed by atoms with Crippen LogP contribution < -0.4 is 10.2 Å². The van der Waals surface area contributed by atoms with Gasteiger partial charge < -0.3 is 10.4 Å². The van der Waals surface area contributed by atoms with E-state index < -0.39 is 17.1 Å². The van der Waals surface area contributed by atoms with E-state index in [4.69, 9.17) is 5.11 Å². The molecule has 3 aromatic carbocycles. The molecular formula is C26H22N4O5S. The van der Waals surface area contributed by atoms with Gasteiger partial charge >= 0.3 is 5.97 Å². The Balaban J connectivity index is 1.35. The van der Waals surface area contributed by atoms with Crippen LogP contribution in [0.1, 0.15) is 19.3 Å². The number of amides is 3. The van der Waals surface area contributed by atoms with Crippen molar-refractivity contribution in [3.05, 3.63) is 78.9 Å². The highest BCUT2D eigenvalue weighted by Gasteiger charge is 2.40. The molecule has 1 aliphatic rings. The van der Waals surface area contributed by atoms with E-state index in [0.29, 0.717) is 17.1 Å². The second-order valence-electron chi connectivity index (χ2n) is 7.90. The van der Waals surface area contributed by atoms with Gasteiger partial charge in [-0.2, -0.15) is 10.2 Å². The van der Waals surface area contributed by atoms with Crippen molar-refractivity contribution in [2.75, 3.05) is 10.2 Å². The van der Waals surface area contributed by atoms with Gasteiger partial charge in [0.15, 0.2) is 0 Å². The second kappa shape index (κ2) is 11.4. The molecule has 0 spiro atoms. The van der Waals surface area contributed by atoms with Crippen molar-refractivity contribution in [3.8, 4) is 0 Å². The summed E-state index contributed by atoms with van der Waals surface area (Å²) in [5.74, 6) is -2.00. The minimum absolute atomic E-state index is 0.0760. The third-order valence-electron chi connectivity index (χ3n) is 5.23. The Morgan fingerprint density at radius 2 is 1.53 bits per heavy atom. The number of carbonyl (C=O) groups excluding carboxylic acids is 3. The molecule has 0 bridgehead atoms. The van der Waals surface area contributed by atoms with Gasteiger partial charge in [0.05, 0.1) is 28.7 Å². The number of carboxylic acids is 1. The van der Waals surface area contributed by atoms with Crippen LogP contribution in [0.25, 0.3) is 0 Å². The van der Waals surface area contributed by atoms with Crippen LogP contribution in [0.4, 0.5) is 22.7 Å². The number of rotatable bonds is 9. The van der Waals surface area contributed by atoms with Gasteiger partial charge in [-0.15, -0.1) is 11.8 Å². The Morgan fingerprint density at radius 1 is 0.889 bits per heavy atom. The molecule has 1 heterocycles. The van der Waals surface area contributed by atoms with Crippen molar-refractivity contribution < 1.29 is 24.3 Å². The smallest absolute Gasteiger partial charge is 0.303 e. The first-order chi connectivity index (χ1) is 17.4. The maximum atomic E-state index is 13.0. The molecule has 1 aliphatic heterocycles. The van der Waals surface area contributed by atoms with Crippen LogP contribution in [0, 0.1) is 0 Å². The zero-order valence-electron chi connectivity index (χ0n) is 19.0. The standard InChI is InChI=1S/C26H22N4O5S/c31-23(14-15-25(33)34)27-17-8-12-21(13-9-17)36-22-16-24(32)30(26(22)35)20-10-6-19(7-11-20)29-28-18-4-2-1-3-5-18/h1-13,22H,14-16H2,(H,27,31)(H,33,34). The number of hydrogen-bond donors (Lipinski definition) is 2. The van der Waals surface area contributed by atoms with Crippen molar-refractivity contribution in [2.45, 2.75) is 29.4 Å². The third-order valence-corrected chi connectivity index (χ3v) is 6.43. The number of carbonyl (C=O) groups is 4. The lowest BCUT2D eigenvalue weighted by Gasteiger charge is -2.15. The molecule has 1 fully saturated rings. The van der Waals surface area contributed by atoms with Gasteiger partial charge in [0.2, 0.25) is 17.7 Å². The first kappa shape index (κ1) is 24.8.